The fourth-order valence-electron chi connectivity index (χ4n) is 1.93. The maximum absolute atomic E-state index is 3.97. The van der Waals surface area contributed by atoms with E-state index in [1.807, 2.05) is 13.1 Å². The number of likely N-dealkylation sites (N-methyl/N-ethyl adjacent to an activating group) is 1. The Bertz CT molecular complexity index is 287. The summed E-state index contributed by atoms with van der Waals surface area (Å²) in [5, 5.41) is 10.3. The summed E-state index contributed by atoms with van der Waals surface area (Å²) in [6.07, 6.45) is 7.87. The molecule has 0 fully saturated rings. The zero-order valence-corrected chi connectivity index (χ0v) is 7.88. The normalized spacial score (nSPS) is 18.7. The van der Waals surface area contributed by atoms with Gasteiger partial charge in [0.25, 0.3) is 0 Å². The zero-order chi connectivity index (χ0) is 9.10. The average molecular weight is 177 g/mol. The quantitative estimate of drug-likeness (QED) is 0.691. The van der Waals surface area contributed by atoms with Crippen LogP contribution in [0.5, 0.6) is 0 Å². The van der Waals surface area contributed by atoms with E-state index in [1.165, 1.54) is 24.8 Å². The van der Waals surface area contributed by atoms with E-state index < -0.39 is 0 Å². The van der Waals surface area contributed by atoms with Gasteiger partial charge in [-0.05, 0) is 32.4 Å². The van der Waals surface area contributed by atoms with Crippen molar-refractivity contribution in [1.82, 2.24) is 15.5 Å². The topological polar surface area (TPSA) is 40.7 Å². The standard InChI is InChI=1S/C10H15N3/c1-11-10(8-4-2-3-5-8)9-6-7-12-13-9/h4,6-7,10-11H,2-3,5H2,1H3,(H,12,13). The van der Waals surface area contributed by atoms with Gasteiger partial charge in [0, 0.05) is 6.20 Å². The number of aromatic nitrogens is 2. The summed E-state index contributed by atoms with van der Waals surface area (Å²) in [5.41, 5.74) is 2.66. The van der Waals surface area contributed by atoms with Gasteiger partial charge in [-0.2, -0.15) is 5.10 Å². The average Bonchev–Trinajstić information content (AvgIpc) is 2.76. The van der Waals surface area contributed by atoms with Gasteiger partial charge in [0.15, 0.2) is 0 Å². The first kappa shape index (κ1) is 8.51. The highest BCUT2D eigenvalue weighted by molar-refractivity contribution is 5.23. The minimum atomic E-state index is 0.338. The smallest absolute Gasteiger partial charge is 0.0702 e. The Balaban J connectivity index is 2.18. The van der Waals surface area contributed by atoms with Crippen LogP contribution in [0, 0.1) is 0 Å². The number of H-pyrrole nitrogens is 1. The largest absolute Gasteiger partial charge is 0.308 e. The number of nitrogens with zero attached hydrogens (tertiary/aromatic N) is 1. The van der Waals surface area contributed by atoms with Crippen LogP contribution in [0.15, 0.2) is 23.9 Å². The molecule has 1 aliphatic rings. The van der Waals surface area contributed by atoms with Crippen LogP contribution in [-0.2, 0) is 0 Å². The third-order valence-corrected chi connectivity index (χ3v) is 2.57. The minimum Gasteiger partial charge on any atom is -0.308 e. The molecule has 2 rings (SSSR count). The monoisotopic (exact) mass is 177 g/mol. The van der Waals surface area contributed by atoms with Gasteiger partial charge >= 0.3 is 0 Å². The van der Waals surface area contributed by atoms with Gasteiger partial charge in [-0.15, -0.1) is 0 Å². The third kappa shape index (κ3) is 1.65. The molecular weight excluding hydrogens is 162 g/mol. The molecular formula is C10H15N3. The summed E-state index contributed by atoms with van der Waals surface area (Å²) in [6, 6.07) is 2.37. The van der Waals surface area contributed by atoms with Crippen molar-refractivity contribution in [2.75, 3.05) is 7.05 Å². The number of rotatable bonds is 3. The predicted molar refractivity (Wildman–Crippen MR) is 52.3 cm³/mol. The van der Waals surface area contributed by atoms with Crippen molar-refractivity contribution >= 4 is 0 Å². The van der Waals surface area contributed by atoms with E-state index in [0.29, 0.717) is 6.04 Å². The highest BCUT2D eigenvalue weighted by atomic mass is 15.1. The maximum atomic E-state index is 3.97. The second-order valence-corrected chi connectivity index (χ2v) is 3.40. The van der Waals surface area contributed by atoms with E-state index in [4.69, 9.17) is 0 Å². The molecule has 1 atom stereocenters. The predicted octanol–water partition coefficient (Wildman–Crippen LogP) is 1.78. The molecule has 3 nitrogen and oxygen atoms in total. The zero-order valence-electron chi connectivity index (χ0n) is 7.88. The fraction of sp³-hybridized carbons (Fsp3) is 0.500. The van der Waals surface area contributed by atoms with E-state index in [2.05, 4.69) is 21.6 Å². The van der Waals surface area contributed by atoms with Gasteiger partial charge in [0.1, 0.15) is 0 Å². The minimum absolute atomic E-state index is 0.338. The molecule has 0 spiro atoms. The number of allylic oxidation sites excluding steroid dienone is 1. The first-order valence-electron chi connectivity index (χ1n) is 4.77. The van der Waals surface area contributed by atoms with E-state index in [1.54, 1.807) is 6.20 Å². The molecule has 1 aliphatic carbocycles. The molecule has 1 heterocycles. The summed E-state index contributed by atoms with van der Waals surface area (Å²) >= 11 is 0. The van der Waals surface area contributed by atoms with Crippen molar-refractivity contribution in [2.45, 2.75) is 25.3 Å². The number of hydrogen-bond acceptors (Lipinski definition) is 2. The van der Waals surface area contributed by atoms with Crippen molar-refractivity contribution in [3.05, 3.63) is 29.6 Å². The molecule has 0 aromatic carbocycles. The van der Waals surface area contributed by atoms with Crippen molar-refractivity contribution in [3.63, 3.8) is 0 Å². The lowest BCUT2D eigenvalue weighted by Crippen LogP contribution is -2.18. The summed E-state index contributed by atoms with van der Waals surface area (Å²) in [7, 11) is 1.99. The van der Waals surface area contributed by atoms with Crippen LogP contribution < -0.4 is 5.32 Å². The highest BCUT2D eigenvalue weighted by Gasteiger charge is 2.17. The van der Waals surface area contributed by atoms with Crippen LogP contribution in [0.25, 0.3) is 0 Å². The van der Waals surface area contributed by atoms with E-state index in [-0.39, 0.29) is 0 Å². The molecule has 1 aromatic heterocycles. The summed E-state index contributed by atoms with van der Waals surface area (Å²) in [4.78, 5) is 0. The molecule has 0 bridgehead atoms. The molecule has 3 heteroatoms. The van der Waals surface area contributed by atoms with Crippen molar-refractivity contribution in [3.8, 4) is 0 Å². The second kappa shape index (κ2) is 3.75. The molecule has 0 radical (unpaired) electrons. The van der Waals surface area contributed by atoms with Gasteiger partial charge in [-0.3, -0.25) is 5.10 Å². The SMILES string of the molecule is CNC(C1=CCCC1)c1ccn[nH]1. The molecule has 0 saturated heterocycles. The number of hydrogen-bond donors (Lipinski definition) is 2. The lowest BCUT2D eigenvalue weighted by molar-refractivity contribution is 0.636. The van der Waals surface area contributed by atoms with Crippen LogP contribution in [0.2, 0.25) is 0 Å². The van der Waals surface area contributed by atoms with E-state index in [9.17, 15) is 0 Å². The van der Waals surface area contributed by atoms with Gasteiger partial charge in [-0.1, -0.05) is 11.6 Å². The van der Waals surface area contributed by atoms with Crippen LogP contribution in [-0.4, -0.2) is 17.2 Å². The van der Waals surface area contributed by atoms with Crippen molar-refractivity contribution in [2.24, 2.45) is 0 Å². The lowest BCUT2D eigenvalue weighted by Gasteiger charge is -2.15. The van der Waals surface area contributed by atoms with Crippen molar-refractivity contribution < 1.29 is 0 Å². The summed E-state index contributed by atoms with van der Waals surface area (Å²) in [5.74, 6) is 0. The molecule has 0 aliphatic heterocycles. The van der Waals surface area contributed by atoms with Gasteiger partial charge in [-0.25, -0.2) is 0 Å². The molecule has 1 unspecified atom stereocenters. The fourth-order valence-corrected chi connectivity index (χ4v) is 1.93. The van der Waals surface area contributed by atoms with Gasteiger partial charge < -0.3 is 5.32 Å². The molecule has 70 valence electrons. The number of aromatic amines is 1. The van der Waals surface area contributed by atoms with Crippen LogP contribution in [0.3, 0.4) is 0 Å². The van der Waals surface area contributed by atoms with E-state index >= 15 is 0 Å². The van der Waals surface area contributed by atoms with Gasteiger partial charge in [0.05, 0.1) is 11.7 Å². The Labute approximate surface area is 78.2 Å². The molecule has 0 saturated carbocycles. The summed E-state index contributed by atoms with van der Waals surface area (Å²) in [6.45, 7) is 0. The van der Waals surface area contributed by atoms with Gasteiger partial charge in [0.2, 0.25) is 0 Å². The molecule has 13 heavy (non-hydrogen) atoms. The first-order valence-corrected chi connectivity index (χ1v) is 4.77. The van der Waals surface area contributed by atoms with Crippen LogP contribution in [0.4, 0.5) is 0 Å². The highest BCUT2D eigenvalue weighted by Crippen LogP contribution is 2.28. The van der Waals surface area contributed by atoms with E-state index in [0.717, 1.165) is 5.69 Å². The first-order chi connectivity index (χ1) is 6.42. The van der Waals surface area contributed by atoms with Crippen molar-refractivity contribution in [1.29, 1.82) is 0 Å². The Morgan fingerprint density at radius 1 is 1.62 bits per heavy atom. The van der Waals surface area contributed by atoms with Crippen LogP contribution in [0.1, 0.15) is 31.0 Å². The maximum Gasteiger partial charge on any atom is 0.0702 e. The Morgan fingerprint density at radius 2 is 2.54 bits per heavy atom. The number of nitrogens with one attached hydrogen (secondary N) is 2. The lowest BCUT2D eigenvalue weighted by atomic mass is 10.0. The second-order valence-electron chi connectivity index (χ2n) is 3.40. The Hall–Kier alpha value is -1.09. The molecule has 0 amide bonds. The molecule has 2 N–H and O–H groups in total. The Morgan fingerprint density at radius 3 is 3.08 bits per heavy atom. The van der Waals surface area contributed by atoms with Crippen LogP contribution >= 0.6 is 0 Å². The summed E-state index contributed by atoms with van der Waals surface area (Å²) < 4.78 is 0. The third-order valence-electron chi connectivity index (χ3n) is 2.57. The Kier molecular flexibility index (Phi) is 2.45. The molecule has 1 aromatic rings.